The molecule has 0 radical (unpaired) electrons. The highest BCUT2D eigenvalue weighted by atomic mass is 32.2. The van der Waals surface area contributed by atoms with Crippen molar-refractivity contribution < 1.29 is 8.42 Å². The lowest BCUT2D eigenvalue weighted by Crippen LogP contribution is -2.43. The Bertz CT molecular complexity index is 493. The first-order valence-corrected chi connectivity index (χ1v) is 7.86. The Balaban J connectivity index is 2.01. The Morgan fingerprint density at radius 1 is 1.33 bits per heavy atom. The van der Waals surface area contributed by atoms with Crippen molar-refractivity contribution >= 4 is 10.0 Å². The lowest BCUT2D eigenvalue weighted by Gasteiger charge is -2.23. The Morgan fingerprint density at radius 2 is 2.11 bits per heavy atom. The van der Waals surface area contributed by atoms with Gasteiger partial charge in [-0.2, -0.15) is 0 Å². The molecule has 2 rings (SSSR count). The van der Waals surface area contributed by atoms with E-state index in [0.717, 1.165) is 18.5 Å². The summed E-state index contributed by atoms with van der Waals surface area (Å²) in [5, 5.41) is 3.33. The highest BCUT2D eigenvalue weighted by Crippen LogP contribution is 2.14. The fourth-order valence-corrected chi connectivity index (χ4v) is 3.57. The van der Waals surface area contributed by atoms with Crippen LogP contribution in [0.4, 0.5) is 0 Å². The molecule has 0 amide bonds. The van der Waals surface area contributed by atoms with E-state index in [-0.39, 0.29) is 6.04 Å². The molecule has 1 aliphatic rings. The molecular formula is C13H20N2O2S. The van der Waals surface area contributed by atoms with Crippen molar-refractivity contribution in [1.82, 2.24) is 10.0 Å². The van der Waals surface area contributed by atoms with Crippen LogP contribution >= 0.6 is 0 Å². The predicted octanol–water partition coefficient (Wildman–Crippen LogP) is 1.42. The fourth-order valence-electron chi connectivity index (χ4n) is 2.24. The minimum Gasteiger partial charge on any atom is -0.313 e. The second-order valence-corrected chi connectivity index (χ2v) is 6.50. The van der Waals surface area contributed by atoms with Gasteiger partial charge in [-0.3, -0.25) is 0 Å². The molecule has 0 aromatic heterocycles. The van der Waals surface area contributed by atoms with Crippen LogP contribution in [0, 0.1) is 6.92 Å². The van der Waals surface area contributed by atoms with E-state index in [1.807, 2.05) is 19.1 Å². The van der Waals surface area contributed by atoms with Gasteiger partial charge in [-0.25, -0.2) is 13.1 Å². The average Bonchev–Trinajstić information content (AvgIpc) is 2.38. The lowest BCUT2D eigenvalue weighted by molar-refractivity contribution is 0.398. The summed E-state index contributed by atoms with van der Waals surface area (Å²) in [5.41, 5.74) is 0.779. The van der Waals surface area contributed by atoms with Crippen LogP contribution in [0.2, 0.25) is 0 Å². The van der Waals surface area contributed by atoms with Gasteiger partial charge in [0.2, 0.25) is 10.0 Å². The largest absolute Gasteiger partial charge is 0.313 e. The third-order valence-corrected chi connectivity index (χ3v) is 4.90. The molecule has 5 heteroatoms. The normalized spacial score (nSPS) is 20.8. The van der Waals surface area contributed by atoms with Gasteiger partial charge in [-0.05, 0) is 37.9 Å². The molecule has 18 heavy (non-hydrogen) atoms. The van der Waals surface area contributed by atoms with Crippen LogP contribution in [0.3, 0.4) is 0 Å². The van der Waals surface area contributed by atoms with Crippen molar-refractivity contribution in [3.63, 3.8) is 0 Å². The molecule has 1 aliphatic heterocycles. The van der Waals surface area contributed by atoms with Gasteiger partial charge in [0.05, 0.1) is 4.90 Å². The maximum absolute atomic E-state index is 12.2. The summed E-state index contributed by atoms with van der Waals surface area (Å²) >= 11 is 0. The van der Waals surface area contributed by atoms with Crippen LogP contribution in [-0.4, -0.2) is 27.5 Å². The number of hydrogen-bond acceptors (Lipinski definition) is 3. The summed E-state index contributed by atoms with van der Waals surface area (Å²) in [6.07, 6.45) is 3.39. The van der Waals surface area contributed by atoms with Crippen molar-refractivity contribution in [2.45, 2.75) is 37.1 Å². The Labute approximate surface area is 109 Å². The van der Waals surface area contributed by atoms with Crippen molar-refractivity contribution in [3.05, 3.63) is 29.8 Å². The SMILES string of the molecule is Cc1ccccc1S(=O)(=O)NCC1CCCCN1. The summed E-state index contributed by atoms with van der Waals surface area (Å²) in [5.74, 6) is 0. The number of piperidine rings is 1. The topological polar surface area (TPSA) is 58.2 Å². The van der Waals surface area contributed by atoms with Gasteiger partial charge in [0.15, 0.2) is 0 Å². The number of nitrogens with one attached hydrogen (secondary N) is 2. The van der Waals surface area contributed by atoms with Crippen molar-refractivity contribution in [1.29, 1.82) is 0 Å². The molecule has 1 unspecified atom stereocenters. The molecule has 1 saturated heterocycles. The van der Waals surface area contributed by atoms with Gasteiger partial charge in [-0.1, -0.05) is 24.6 Å². The Morgan fingerprint density at radius 3 is 2.78 bits per heavy atom. The first-order chi connectivity index (χ1) is 8.59. The minimum atomic E-state index is -3.38. The van der Waals surface area contributed by atoms with Gasteiger partial charge in [0, 0.05) is 12.6 Å². The van der Waals surface area contributed by atoms with E-state index >= 15 is 0 Å². The molecule has 0 bridgehead atoms. The zero-order valence-electron chi connectivity index (χ0n) is 10.6. The summed E-state index contributed by atoms with van der Waals surface area (Å²) in [4.78, 5) is 0.376. The zero-order valence-corrected chi connectivity index (χ0v) is 11.5. The van der Waals surface area contributed by atoms with Crippen LogP contribution in [0.25, 0.3) is 0 Å². The molecule has 1 aromatic rings. The third-order valence-electron chi connectivity index (χ3n) is 3.32. The molecule has 2 N–H and O–H groups in total. The summed E-state index contributed by atoms with van der Waals surface area (Å²) in [6.45, 7) is 3.26. The van der Waals surface area contributed by atoms with Gasteiger partial charge in [-0.15, -0.1) is 0 Å². The summed E-state index contributed by atoms with van der Waals surface area (Å²) in [7, 11) is -3.38. The zero-order chi connectivity index (χ0) is 13.0. The van der Waals surface area contributed by atoms with Crippen molar-refractivity contribution in [2.24, 2.45) is 0 Å². The van der Waals surface area contributed by atoms with Crippen LogP contribution in [0.1, 0.15) is 24.8 Å². The Kier molecular flexibility index (Phi) is 4.37. The van der Waals surface area contributed by atoms with Gasteiger partial charge >= 0.3 is 0 Å². The maximum Gasteiger partial charge on any atom is 0.240 e. The third kappa shape index (κ3) is 3.31. The molecular weight excluding hydrogens is 248 g/mol. The van der Waals surface area contributed by atoms with Gasteiger partial charge in [0.25, 0.3) is 0 Å². The van der Waals surface area contributed by atoms with Crippen molar-refractivity contribution in [3.8, 4) is 0 Å². The van der Waals surface area contributed by atoms with Crippen molar-refractivity contribution in [2.75, 3.05) is 13.1 Å². The molecule has 100 valence electrons. The number of hydrogen-bond donors (Lipinski definition) is 2. The molecule has 1 heterocycles. The smallest absolute Gasteiger partial charge is 0.240 e. The highest BCUT2D eigenvalue weighted by Gasteiger charge is 2.19. The highest BCUT2D eigenvalue weighted by molar-refractivity contribution is 7.89. The summed E-state index contributed by atoms with van der Waals surface area (Å²) in [6, 6.07) is 7.31. The van der Waals surface area contributed by atoms with Gasteiger partial charge in [0.1, 0.15) is 0 Å². The Hall–Kier alpha value is -0.910. The molecule has 1 aromatic carbocycles. The molecule has 0 aliphatic carbocycles. The van der Waals surface area contributed by atoms with E-state index in [1.54, 1.807) is 12.1 Å². The average molecular weight is 268 g/mol. The predicted molar refractivity (Wildman–Crippen MR) is 72.0 cm³/mol. The lowest BCUT2D eigenvalue weighted by atomic mass is 10.1. The van der Waals surface area contributed by atoms with Crippen LogP contribution < -0.4 is 10.0 Å². The maximum atomic E-state index is 12.2. The monoisotopic (exact) mass is 268 g/mol. The standard InChI is InChI=1S/C13H20N2O2S/c1-11-6-2-3-8-13(11)18(16,17)15-10-12-7-4-5-9-14-12/h2-3,6,8,12,14-15H,4-5,7,9-10H2,1H3. The first-order valence-electron chi connectivity index (χ1n) is 6.38. The number of rotatable bonds is 4. The van der Waals surface area contributed by atoms with Gasteiger partial charge < -0.3 is 5.32 Å². The van der Waals surface area contributed by atoms with Crippen LogP contribution in [0.5, 0.6) is 0 Å². The van der Waals surface area contributed by atoms with Crippen LogP contribution in [-0.2, 0) is 10.0 Å². The van der Waals surface area contributed by atoms with E-state index in [2.05, 4.69) is 10.0 Å². The second kappa shape index (κ2) is 5.82. The van der Waals surface area contributed by atoms with Crippen LogP contribution in [0.15, 0.2) is 29.2 Å². The van der Waals surface area contributed by atoms with E-state index in [1.165, 1.54) is 12.8 Å². The van der Waals surface area contributed by atoms with E-state index in [9.17, 15) is 8.42 Å². The second-order valence-electron chi connectivity index (χ2n) is 4.76. The van der Waals surface area contributed by atoms with E-state index < -0.39 is 10.0 Å². The quantitative estimate of drug-likeness (QED) is 0.868. The number of sulfonamides is 1. The molecule has 0 saturated carbocycles. The first kappa shape index (κ1) is 13.5. The molecule has 1 atom stereocenters. The van der Waals surface area contributed by atoms with E-state index in [0.29, 0.717) is 11.4 Å². The van der Waals surface area contributed by atoms with E-state index in [4.69, 9.17) is 0 Å². The minimum absolute atomic E-state index is 0.262. The molecule has 1 fully saturated rings. The fraction of sp³-hybridized carbons (Fsp3) is 0.538. The molecule has 0 spiro atoms. The number of aryl methyl sites for hydroxylation is 1. The molecule has 4 nitrogen and oxygen atoms in total. The number of benzene rings is 1. The summed E-state index contributed by atoms with van der Waals surface area (Å²) < 4.78 is 27.0.